The highest BCUT2D eigenvalue weighted by molar-refractivity contribution is 5.89. The molecule has 6 heteroatoms. The Hall–Kier alpha value is -1.47. The lowest BCUT2D eigenvalue weighted by Crippen LogP contribution is -2.37. The SMILES string of the molecule is O=C(O[C@@H]1[C@@H](O)[C@@H](CO)O[C@@H]1O)c1ccccc1. The number of aliphatic hydroxyl groups is 3. The summed E-state index contributed by atoms with van der Waals surface area (Å²) < 4.78 is 9.83. The predicted octanol–water partition coefficient (Wildman–Crippen LogP) is -0.718. The molecule has 1 aromatic carbocycles. The molecular formula is C12H14O6. The van der Waals surface area contributed by atoms with Crippen LogP contribution >= 0.6 is 0 Å². The minimum Gasteiger partial charge on any atom is -0.450 e. The molecule has 0 bridgehead atoms. The Morgan fingerprint density at radius 2 is 1.94 bits per heavy atom. The van der Waals surface area contributed by atoms with Gasteiger partial charge in [-0.05, 0) is 12.1 Å². The quantitative estimate of drug-likeness (QED) is 0.616. The molecule has 1 saturated heterocycles. The van der Waals surface area contributed by atoms with E-state index in [4.69, 9.17) is 14.6 Å². The van der Waals surface area contributed by atoms with E-state index in [1.54, 1.807) is 30.3 Å². The van der Waals surface area contributed by atoms with Gasteiger partial charge >= 0.3 is 5.97 Å². The van der Waals surface area contributed by atoms with Crippen molar-refractivity contribution in [1.29, 1.82) is 0 Å². The zero-order valence-corrected chi connectivity index (χ0v) is 9.47. The number of rotatable bonds is 3. The van der Waals surface area contributed by atoms with Crippen LogP contribution in [-0.2, 0) is 9.47 Å². The van der Waals surface area contributed by atoms with E-state index in [9.17, 15) is 15.0 Å². The number of ether oxygens (including phenoxy) is 2. The summed E-state index contributed by atoms with van der Waals surface area (Å²) in [6, 6.07) is 8.21. The lowest BCUT2D eigenvalue weighted by atomic mass is 10.1. The first-order chi connectivity index (χ1) is 8.63. The molecule has 0 saturated carbocycles. The Morgan fingerprint density at radius 3 is 2.50 bits per heavy atom. The molecule has 0 radical (unpaired) electrons. The summed E-state index contributed by atoms with van der Waals surface area (Å²) in [6.45, 7) is -0.461. The number of carbonyl (C=O) groups is 1. The first-order valence-electron chi connectivity index (χ1n) is 5.52. The molecule has 0 spiro atoms. The van der Waals surface area contributed by atoms with Gasteiger partial charge in [0.25, 0.3) is 0 Å². The molecule has 98 valence electrons. The molecule has 1 aliphatic heterocycles. The normalized spacial score (nSPS) is 31.3. The third-order valence-electron chi connectivity index (χ3n) is 2.75. The zero-order valence-electron chi connectivity index (χ0n) is 9.47. The second-order valence-corrected chi connectivity index (χ2v) is 3.97. The third kappa shape index (κ3) is 2.51. The van der Waals surface area contributed by atoms with E-state index in [0.29, 0.717) is 5.56 Å². The Kier molecular flexibility index (Phi) is 3.93. The Bertz CT molecular complexity index is 406. The van der Waals surface area contributed by atoms with Gasteiger partial charge in [0.1, 0.15) is 12.2 Å². The summed E-state index contributed by atoms with van der Waals surface area (Å²) in [6.07, 6.45) is -4.84. The molecule has 1 aromatic rings. The summed E-state index contributed by atoms with van der Waals surface area (Å²) >= 11 is 0. The minimum absolute atomic E-state index is 0.310. The molecule has 1 heterocycles. The van der Waals surface area contributed by atoms with Crippen LogP contribution in [0.4, 0.5) is 0 Å². The van der Waals surface area contributed by atoms with E-state index < -0.39 is 37.2 Å². The average molecular weight is 254 g/mol. The fourth-order valence-corrected chi connectivity index (χ4v) is 1.76. The average Bonchev–Trinajstić information content (AvgIpc) is 2.67. The number of esters is 1. The van der Waals surface area contributed by atoms with Crippen molar-refractivity contribution in [2.24, 2.45) is 0 Å². The van der Waals surface area contributed by atoms with Crippen molar-refractivity contribution >= 4 is 5.97 Å². The van der Waals surface area contributed by atoms with Gasteiger partial charge < -0.3 is 24.8 Å². The summed E-state index contributed by atoms with van der Waals surface area (Å²) in [4.78, 5) is 11.7. The maximum atomic E-state index is 11.7. The molecule has 1 fully saturated rings. The van der Waals surface area contributed by atoms with Gasteiger partial charge in [0.2, 0.25) is 0 Å². The largest absolute Gasteiger partial charge is 0.450 e. The van der Waals surface area contributed by atoms with E-state index in [1.807, 2.05) is 0 Å². The van der Waals surface area contributed by atoms with Crippen molar-refractivity contribution < 1.29 is 29.6 Å². The second kappa shape index (κ2) is 5.45. The predicted molar refractivity (Wildman–Crippen MR) is 59.6 cm³/mol. The molecule has 0 amide bonds. The van der Waals surface area contributed by atoms with E-state index in [0.717, 1.165) is 0 Å². The molecule has 0 unspecified atom stereocenters. The van der Waals surface area contributed by atoms with Gasteiger partial charge in [0.15, 0.2) is 12.4 Å². The number of hydrogen-bond donors (Lipinski definition) is 3. The molecule has 3 N–H and O–H groups in total. The smallest absolute Gasteiger partial charge is 0.338 e. The minimum atomic E-state index is -1.44. The summed E-state index contributed by atoms with van der Waals surface area (Å²) in [7, 11) is 0. The highest BCUT2D eigenvalue weighted by Gasteiger charge is 2.45. The van der Waals surface area contributed by atoms with Crippen LogP contribution in [0.3, 0.4) is 0 Å². The van der Waals surface area contributed by atoms with Crippen LogP contribution in [0.5, 0.6) is 0 Å². The topological polar surface area (TPSA) is 96.2 Å². The molecule has 0 aromatic heterocycles. The third-order valence-corrected chi connectivity index (χ3v) is 2.75. The van der Waals surface area contributed by atoms with Crippen LogP contribution in [0.2, 0.25) is 0 Å². The lowest BCUT2D eigenvalue weighted by Gasteiger charge is -2.17. The number of aliphatic hydroxyl groups excluding tert-OH is 3. The fourth-order valence-electron chi connectivity index (χ4n) is 1.76. The Labute approximate surface area is 103 Å². The van der Waals surface area contributed by atoms with Crippen molar-refractivity contribution in [2.75, 3.05) is 6.61 Å². The molecule has 1 aliphatic rings. The standard InChI is InChI=1S/C12H14O6/c13-6-8-9(14)10(12(16)17-8)18-11(15)7-4-2-1-3-5-7/h1-5,8-10,12-14,16H,6H2/t8-,9+,10-,12+/m1/s1. The lowest BCUT2D eigenvalue weighted by molar-refractivity contribution is -0.135. The van der Waals surface area contributed by atoms with Crippen LogP contribution in [0.1, 0.15) is 10.4 Å². The summed E-state index contributed by atoms with van der Waals surface area (Å²) in [5.74, 6) is -0.666. The molecule has 0 aliphatic carbocycles. The summed E-state index contributed by atoms with van der Waals surface area (Å²) in [5, 5.41) is 28.1. The van der Waals surface area contributed by atoms with Crippen molar-refractivity contribution in [1.82, 2.24) is 0 Å². The van der Waals surface area contributed by atoms with Gasteiger partial charge in [-0.1, -0.05) is 18.2 Å². The van der Waals surface area contributed by atoms with Gasteiger partial charge in [-0.25, -0.2) is 4.79 Å². The molecule has 6 nitrogen and oxygen atoms in total. The fraction of sp³-hybridized carbons (Fsp3) is 0.417. The van der Waals surface area contributed by atoms with Crippen LogP contribution in [-0.4, -0.2) is 52.5 Å². The number of benzene rings is 1. The Balaban J connectivity index is 2.04. The zero-order chi connectivity index (χ0) is 13.1. The molecule has 4 atom stereocenters. The van der Waals surface area contributed by atoms with Gasteiger partial charge in [0, 0.05) is 0 Å². The maximum absolute atomic E-state index is 11.7. The van der Waals surface area contributed by atoms with Gasteiger partial charge in [-0.2, -0.15) is 0 Å². The van der Waals surface area contributed by atoms with Crippen LogP contribution < -0.4 is 0 Å². The molecule has 18 heavy (non-hydrogen) atoms. The van der Waals surface area contributed by atoms with Crippen LogP contribution in [0, 0.1) is 0 Å². The monoisotopic (exact) mass is 254 g/mol. The van der Waals surface area contributed by atoms with E-state index in [-0.39, 0.29) is 0 Å². The first kappa shape index (κ1) is 13.0. The second-order valence-electron chi connectivity index (χ2n) is 3.97. The highest BCUT2D eigenvalue weighted by Crippen LogP contribution is 2.23. The van der Waals surface area contributed by atoms with Gasteiger partial charge in [0.05, 0.1) is 12.2 Å². The first-order valence-corrected chi connectivity index (χ1v) is 5.52. The summed E-state index contributed by atoms with van der Waals surface area (Å²) in [5.41, 5.74) is 0.310. The van der Waals surface area contributed by atoms with Crippen LogP contribution in [0.25, 0.3) is 0 Å². The van der Waals surface area contributed by atoms with Crippen molar-refractivity contribution in [3.8, 4) is 0 Å². The van der Waals surface area contributed by atoms with E-state index >= 15 is 0 Å². The van der Waals surface area contributed by atoms with E-state index in [1.165, 1.54) is 0 Å². The number of carbonyl (C=O) groups excluding carboxylic acids is 1. The van der Waals surface area contributed by atoms with Crippen molar-refractivity contribution in [2.45, 2.75) is 24.6 Å². The Morgan fingerprint density at radius 1 is 1.28 bits per heavy atom. The van der Waals surface area contributed by atoms with Gasteiger partial charge in [-0.3, -0.25) is 0 Å². The molecular weight excluding hydrogens is 240 g/mol. The van der Waals surface area contributed by atoms with Gasteiger partial charge in [-0.15, -0.1) is 0 Å². The van der Waals surface area contributed by atoms with E-state index in [2.05, 4.69) is 0 Å². The van der Waals surface area contributed by atoms with Crippen LogP contribution in [0.15, 0.2) is 30.3 Å². The number of hydrogen-bond acceptors (Lipinski definition) is 6. The molecule has 2 rings (SSSR count). The van der Waals surface area contributed by atoms with Crippen molar-refractivity contribution in [3.63, 3.8) is 0 Å². The van der Waals surface area contributed by atoms with Crippen molar-refractivity contribution in [3.05, 3.63) is 35.9 Å². The highest BCUT2D eigenvalue weighted by atomic mass is 16.7. The maximum Gasteiger partial charge on any atom is 0.338 e.